The molecule has 1 amide bonds. The van der Waals surface area contributed by atoms with Crippen LogP contribution in [0.5, 0.6) is 0 Å². The van der Waals surface area contributed by atoms with Gasteiger partial charge in [-0.25, -0.2) is 4.98 Å². The number of nitrogens with zero attached hydrogens (tertiary/aromatic N) is 2. The molecule has 2 rings (SSSR count). The lowest BCUT2D eigenvalue weighted by molar-refractivity contribution is -0.122. The van der Waals surface area contributed by atoms with Crippen LogP contribution in [0.4, 0.5) is 0 Å². The van der Waals surface area contributed by atoms with Crippen molar-refractivity contribution in [1.82, 2.24) is 9.55 Å². The second kappa shape index (κ2) is 6.92. The largest absolute Gasteiger partial charge is 0.370 e. The van der Waals surface area contributed by atoms with Gasteiger partial charge in [-0.3, -0.25) is 4.79 Å². The first-order chi connectivity index (χ1) is 9.63. The number of para-hydroxylation sites is 1. The van der Waals surface area contributed by atoms with Gasteiger partial charge in [0.15, 0.2) is 0 Å². The molecule has 2 aromatic rings. The summed E-state index contributed by atoms with van der Waals surface area (Å²) in [5.41, 5.74) is 6.71. The molecule has 1 aromatic carbocycles. The van der Waals surface area contributed by atoms with E-state index < -0.39 is 5.91 Å². The number of benzene rings is 1. The summed E-state index contributed by atoms with van der Waals surface area (Å²) < 4.78 is 7.20. The highest BCUT2D eigenvalue weighted by Gasteiger charge is 2.12. The zero-order chi connectivity index (χ0) is 14.5. The predicted molar refractivity (Wildman–Crippen MR) is 79.2 cm³/mol. The highest BCUT2D eigenvalue weighted by atomic mass is 35.5. The normalized spacial score (nSPS) is 11.1. The topological polar surface area (TPSA) is 70.1 Å². The third-order valence-corrected chi connectivity index (χ3v) is 3.32. The Morgan fingerprint density at radius 1 is 1.45 bits per heavy atom. The average Bonchev–Trinajstić information content (AvgIpc) is 2.75. The van der Waals surface area contributed by atoms with E-state index in [1.807, 2.05) is 16.7 Å². The van der Waals surface area contributed by atoms with Crippen molar-refractivity contribution in [2.75, 3.05) is 19.1 Å². The molecule has 0 saturated heterocycles. The van der Waals surface area contributed by atoms with Crippen LogP contribution >= 0.6 is 23.2 Å². The quantitative estimate of drug-likeness (QED) is 0.627. The molecule has 0 radical (unpaired) electrons. The zero-order valence-corrected chi connectivity index (χ0v) is 12.3. The summed E-state index contributed by atoms with van der Waals surface area (Å²) in [6.45, 7) is 0.852. The summed E-state index contributed by atoms with van der Waals surface area (Å²) in [5.74, 6) is 0.846. The second-order valence-electron chi connectivity index (χ2n) is 4.25. The van der Waals surface area contributed by atoms with E-state index in [0.29, 0.717) is 30.5 Å². The molecule has 0 aliphatic rings. The van der Waals surface area contributed by atoms with Crippen LogP contribution in [0.2, 0.25) is 5.02 Å². The third-order valence-electron chi connectivity index (χ3n) is 2.83. The number of fused-ring (bicyclic) bond motifs is 1. The highest BCUT2D eigenvalue weighted by Crippen LogP contribution is 2.24. The summed E-state index contributed by atoms with van der Waals surface area (Å²) in [6.07, 6.45) is 0.641. The van der Waals surface area contributed by atoms with E-state index in [0.717, 1.165) is 16.9 Å². The van der Waals surface area contributed by atoms with Crippen molar-refractivity contribution >= 4 is 40.1 Å². The fourth-order valence-corrected chi connectivity index (χ4v) is 2.40. The number of ether oxygens (including phenoxy) is 1. The van der Waals surface area contributed by atoms with Gasteiger partial charge in [0.2, 0.25) is 5.91 Å². The Hall–Kier alpha value is -1.30. The fraction of sp³-hybridized carbons (Fsp3) is 0.385. The van der Waals surface area contributed by atoms with Gasteiger partial charge in [-0.1, -0.05) is 17.7 Å². The van der Waals surface area contributed by atoms with Crippen molar-refractivity contribution in [3.8, 4) is 0 Å². The molecule has 0 fully saturated rings. The molecule has 0 aliphatic carbocycles. The van der Waals surface area contributed by atoms with E-state index in [2.05, 4.69) is 4.98 Å². The highest BCUT2D eigenvalue weighted by molar-refractivity contribution is 6.34. The van der Waals surface area contributed by atoms with Gasteiger partial charge in [0.25, 0.3) is 0 Å². The van der Waals surface area contributed by atoms with Crippen LogP contribution in [0.25, 0.3) is 11.0 Å². The molecule has 0 bridgehead atoms. The summed E-state index contributed by atoms with van der Waals surface area (Å²) in [7, 11) is 0. The van der Waals surface area contributed by atoms with E-state index in [4.69, 9.17) is 33.7 Å². The molecule has 0 saturated carbocycles. The van der Waals surface area contributed by atoms with Gasteiger partial charge >= 0.3 is 0 Å². The Bertz CT molecular complexity index is 613. The van der Waals surface area contributed by atoms with E-state index in [1.54, 1.807) is 6.07 Å². The van der Waals surface area contributed by atoms with Crippen molar-refractivity contribution in [1.29, 1.82) is 0 Å². The Labute approximate surface area is 126 Å². The number of aromatic nitrogens is 2. The Kier molecular flexibility index (Phi) is 5.23. The summed E-state index contributed by atoms with van der Waals surface area (Å²) >= 11 is 11.9. The number of amides is 1. The van der Waals surface area contributed by atoms with Gasteiger partial charge in [0.1, 0.15) is 17.9 Å². The minimum atomic E-state index is -0.482. The number of nitrogens with two attached hydrogens (primary N) is 1. The molecule has 0 unspecified atom stereocenters. The van der Waals surface area contributed by atoms with Gasteiger partial charge in [-0.2, -0.15) is 0 Å². The first-order valence-electron chi connectivity index (χ1n) is 6.19. The Morgan fingerprint density at radius 3 is 2.95 bits per heavy atom. The van der Waals surface area contributed by atoms with Crippen molar-refractivity contribution in [2.24, 2.45) is 5.73 Å². The number of primary amides is 1. The predicted octanol–water partition coefficient (Wildman–Crippen LogP) is 1.97. The maximum absolute atomic E-state index is 10.6. The second-order valence-corrected chi connectivity index (χ2v) is 5.03. The maximum Gasteiger partial charge on any atom is 0.243 e. The third kappa shape index (κ3) is 3.42. The lowest BCUT2D eigenvalue weighted by Gasteiger charge is -2.08. The molecule has 0 aliphatic heterocycles. The fourth-order valence-electron chi connectivity index (χ4n) is 2.01. The molecule has 7 heteroatoms. The Balaban J connectivity index is 2.22. The smallest absolute Gasteiger partial charge is 0.243 e. The van der Waals surface area contributed by atoms with Crippen LogP contribution in [0.1, 0.15) is 5.82 Å². The number of carbonyl (C=O) groups excluding carboxylic acids is 1. The molecule has 1 heterocycles. The van der Waals surface area contributed by atoms with Crippen LogP contribution in [0.3, 0.4) is 0 Å². The first-order valence-corrected chi connectivity index (χ1v) is 7.10. The van der Waals surface area contributed by atoms with Crippen molar-refractivity contribution in [3.63, 3.8) is 0 Å². The Morgan fingerprint density at radius 2 is 2.25 bits per heavy atom. The molecule has 1 aromatic heterocycles. The molecule has 108 valence electrons. The minimum Gasteiger partial charge on any atom is -0.370 e. The minimum absolute atomic E-state index is 0.0851. The number of imidazole rings is 1. The van der Waals surface area contributed by atoms with Gasteiger partial charge in [0, 0.05) is 18.8 Å². The molecule has 5 nitrogen and oxygen atoms in total. The monoisotopic (exact) mass is 315 g/mol. The van der Waals surface area contributed by atoms with E-state index in [-0.39, 0.29) is 6.61 Å². The van der Waals surface area contributed by atoms with Crippen LogP contribution in [0, 0.1) is 0 Å². The number of hydrogen-bond donors (Lipinski definition) is 1. The van der Waals surface area contributed by atoms with Gasteiger partial charge in [-0.05, 0) is 12.1 Å². The molecule has 0 spiro atoms. The maximum atomic E-state index is 10.6. The average molecular weight is 316 g/mol. The van der Waals surface area contributed by atoms with E-state index >= 15 is 0 Å². The van der Waals surface area contributed by atoms with E-state index in [1.165, 1.54) is 0 Å². The van der Waals surface area contributed by atoms with Crippen LogP contribution in [-0.2, 0) is 22.5 Å². The van der Waals surface area contributed by atoms with Crippen molar-refractivity contribution in [3.05, 3.63) is 29.0 Å². The SMILES string of the molecule is NC(=O)COCCn1c(CCCl)nc2c(Cl)cccc21. The number of carbonyl (C=O) groups is 1. The molecular formula is C13H15Cl2N3O2. The number of alkyl halides is 1. The number of aryl methyl sites for hydroxylation is 1. The molecule has 2 N–H and O–H groups in total. The number of halogens is 2. The van der Waals surface area contributed by atoms with Gasteiger partial charge in [-0.15, -0.1) is 11.6 Å². The van der Waals surface area contributed by atoms with Gasteiger partial charge < -0.3 is 15.0 Å². The van der Waals surface area contributed by atoms with E-state index in [9.17, 15) is 4.79 Å². The summed E-state index contributed by atoms with van der Waals surface area (Å²) in [4.78, 5) is 15.1. The number of hydrogen-bond acceptors (Lipinski definition) is 3. The standard InChI is InChI=1S/C13H15Cl2N3O2/c14-5-4-12-17-13-9(15)2-1-3-10(13)18(12)6-7-20-8-11(16)19/h1-3H,4-8H2,(H2,16,19). The lowest BCUT2D eigenvalue weighted by atomic mass is 10.3. The van der Waals surface area contributed by atoms with Crippen LogP contribution in [-0.4, -0.2) is 34.6 Å². The van der Waals surface area contributed by atoms with Crippen molar-refractivity contribution in [2.45, 2.75) is 13.0 Å². The first kappa shape index (κ1) is 15.1. The lowest BCUT2D eigenvalue weighted by Crippen LogP contribution is -2.20. The zero-order valence-electron chi connectivity index (χ0n) is 10.8. The van der Waals surface area contributed by atoms with Crippen LogP contribution < -0.4 is 5.73 Å². The van der Waals surface area contributed by atoms with Crippen molar-refractivity contribution < 1.29 is 9.53 Å². The molecule has 20 heavy (non-hydrogen) atoms. The summed E-state index contributed by atoms with van der Waals surface area (Å²) in [5, 5.41) is 0.607. The number of rotatable bonds is 7. The molecule has 0 atom stereocenters. The molecular weight excluding hydrogens is 301 g/mol. The van der Waals surface area contributed by atoms with Crippen LogP contribution in [0.15, 0.2) is 18.2 Å². The van der Waals surface area contributed by atoms with Gasteiger partial charge in [0.05, 0.1) is 17.1 Å². The summed E-state index contributed by atoms with van der Waals surface area (Å²) in [6, 6.07) is 5.62.